The highest BCUT2D eigenvalue weighted by Gasteiger charge is 2.29. The minimum Gasteiger partial charge on any atom is -0.325 e. The number of anilines is 2. The van der Waals surface area contributed by atoms with Gasteiger partial charge in [-0.2, -0.15) is 0 Å². The van der Waals surface area contributed by atoms with Crippen LogP contribution in [-0.4, -0.2) is 29.3 Å². The van der Waals surface area contributed by atoms with Crippen LogP contribution in [0.4, 0.5) is 11.4 Å². The molecule has 2 amide bonds. The van der Waals surface area contributed by atoms with Crippen LogP contribution in [0.2, 0.25) is 10.0 Å². The Morgan fingerprint density at radius 2 is 2.04 bits per heavy atom. The quantitative estimate of drug-likeness (QED) is 0.817. The number of carbonyl (C=O) groups excluding carboxylic acids is 2. The number of thioether (sulfide) groups is 1. The molecule has 1 aliphatic heterocycles. The van der Waals surface area contributed by atoms with E-state index in [-0.39, 0.29) is 24.1 Å². The van der Waals surface area contributed by atoms with Crippen molar-refractivity contribution in [1.82, 2.24) is 0 Å². The van der Waals surface area contributed by atoms with Gasteiger partial charge in [0.25, 0.3) is 5.91 Å². The Balaban J connectivity index is 1.67. The van der Waals surface area contributed by atoms with Crippen LogP contribution in [-0.2, 0) is 9.59 Å². The van der Waals surface area contributed by atoms with E-state index in [1.165, 1.54) is 16.7 Å². The number of hydrogen-bond acceptors (Lipinski definition) is 4. The second kappa shape index (κ2) is 8.12. The first-order chi connectivity index (χ1) is 12.5. The summed E-state index contributed by atoms with van der Waals surface area (Å²) in [5.74, 6) is -0.271. The topological polar surface area (TPSA) is 61.8 Å². The highest BCUT2D eigenvalue weighted by atomic mass is 35.5. The first-order valence-corrected chi connectivity index (χ1v) is 9.50. The number of amidine groups is 1. The molecule has 1 heterocycles. The molecule has 1 N–H and O–H groups in total. The number of amides is 2. The molecule has 8 heteroatoms. The summed E-state index contributed by atoms with van der Waals surface area (Å²) in [4.78, 5) is 30.1. The number of hydrogen-bond donors (Lipinski definition) is 1. The zero-order valence-electron chi connectivity index (χ0n) is 13.8. The van der Waals surface area contributed by atoms with E-state index in [1.807, 2.05) is 13.0 Å². The average molecular weight is 408 g/mol. The molecule has 134 valence electrons. The smallest absolute Gasteiger partial charge is 0.254 e. The summed E-state index contributed by atoms with van der Waals surface area (Å²) in [6.45, 7) is 1.93. The monoisotopic (exact) mass is 407 g/mol. The van der Waals surface area contributed by atoms with Gasteiger partial charge in [-0.3, -0.25) is 19.5 Å². The predicted molar refractivity (Wildman–Crippen MR) is 109 cm³/mol. The molecule has 0 saturated heterocycles. The number of nitrogens with zero attached hydrogens (tertiary/aromatic N) is 2. The molecule has 3 rings (SSSR count). The van der Waals surface area contributed by atoms with E-state index in [1.54, 1.807) is 36.4 Å². The Bertz CT molecular complexity index is 902. The van der Waals surface area contributed by atoms with Crippen molar-refractivity contribution in [2.24, 2.45) is 4.99 Å². The lowest BCUT2D eigenvalue weighted by molar-refractivity contribution is -0.116. The molecule has 0 bridgehead atoms. The molecule has 1 aliphatic rings. The minimum absolute atomic E-state index is 0.0442. The van der Waals surface area contributed by atoms with Crippen LogP contribution in [0.15, 0.2) is 47.5 Å². The van der Waals surface area contributed by atoms with Crippen molar-refractivity contribution >= 4 is 63.3 Å². The van der Waals surface area contributed by atoms with Crippen LogP contribution in [0.3, 0.4) is 0 Å². The number of benzene rings is 2. The molecule has 2 aromatic carbocycles. The van der Waals surface area contributed by atoms with Crippen LogP contribution in [0.1, 0.15) is 5.56 Å². The van der Waals surface area contributed by atoms with Gasteiger partial charge in [0.15, 0.2) is 5.17 Å². The molecule has 0 aliphatic carbocycles. The van der Waals surface area contributed by atoms with Crippen molar-refractivity contribution in [2.45, 2.75) is 6.92 Å². The molecule has 26 heavy (non-hydrogen) atoms. The second-order valence-corrected chi connectivity index (χ2v) is 7.36. The normalized spacial score (nSPS) is 13.7. The third kappa shape index (κ3) is 4.20. The summed E-state index contributed by atoms with van der Waals surface area (Å²) in [5.41, 5.74) is 2.14. The van der Waals surface area contributed by atoms with Crippen LogP contribution in [0, 0.1) is 6.92 Å². The van der Waals surface area contributed by atoms with Crippen molar-refractivity contribution in [3.63, 3.8) is 0 Å². The molecule has 0 aromatic heterocycles. The Labute approximate surface area is 165 Å². The van der Waals surface area contributed by atoms with Crippen LogP contribution >= 0.6 is 35.0 Å². The van der Waals surface area contributed by atoms with Gasteiger partial charge in [0.05, 0.1) is 16.5 Å². The molecule has 0 fully saturated rings. The van der Waals surface area contributed by atoms with Gasteiger partial charge in [-0.25, -0.2) is 0 Å². The maximum Gasteiger partial charge on any atom is 0.254 e. The third-order valence-electron chi connectivity index (χ3n) is 3.69. The molecule has 0 radical (unpaired) electrons. The largest absolute Gasteiger partial charge is 0.325 e. The third-order valence-corrected chi connectivity index (χ3v) is 5.22. The number of para-hydroxylation sites is 1. The van der Waals surface area contributed by atoms with Gasteiger partial charge < -0.3 is 5.32 Å². The summed E-state index contributed by atoms with van der Waals surface area (Å²) in [6, 6.07) is 12.3. The van der Waals surface area contributed by atoms with E-state index >= 15 is 0 Å². The zero-order chi connectivity index (χ0) is 18.7. The minimum atomic E-state index is -0.207. The number of aliphatic imine (C=N–C) groups is 1. The number of carbonyl (C=O) groups is 2. The molecular weight excluding hydrogens is 393 g/mol. The second-order valence-electron chi connectivity index (χ2n) is 5.58. The Hall–Kier alpha value is -2.02. The highest BCUT2D eigenvalue weighted by Crippen LogP contribution is 2.30. The molecule has 0 saturated carbocycles. The molecule has 0 unspecified atom stereocenters. The fourth-order valence-corrected chi connectivity index (χ4v) is 3.62. The van der Waals surface area contributed by atoms with Crippen LogP contribution in [0.5, 0.6) is 0 Å². The van der Waals surface area contributed by atoms with Crippen molar-refractivity contribution in [3.05, 3.63) is 58.1 Å². The lowest BCUT2D eigenvalue weighted by Gasteiger charge is -2.19. The maximum atomic E-state index is 12.3. The maximum absolute atomic E-state index is 12.3. The number of rotatable bonds is 4. The predicted octanol–water partition coefficient (Wildman–Crippen LogP) is 4.38. The Kier molecular flexibility index (Phi) is 5.86. The summed E-state index contributed by atoms with van der Waals surface area (Å²) >= 11 is 13.3. The van der Waals surface area contributed by atoms with Crippen molar-refractivity contribution in [3.8, 4) is 0 Å². The molecule has 0 spiro atoms. The van der Waals surface area contributed by atoms with Crippen LogP contribution in [0.25, 0.3) is 0 Å². The molecule has 2 aromatic rings. The van der Waals surface area contributed by atoms with Gasteiger partial charge >= 0.3 is 0 Å². The summed E-state index contributed by atoms with van der Waals surface area (Å²) in [7, 11) is 0. The lowest BCUT2D eigenvalue weighted by atomic mass is 10.2. The number of halogens is 2. The fourth-order valence-electron chi connectivity index (χ4n) is 2.41. The standard InChI is InChI=1S/C18H15Cl2N3O2S/c1-11-6-7-12(19)8-14(11)22-16(24)10-26-18-21-9-17(25)23(18)15-5-3-2-4-13(15)20/h2-8H,9-10H2,1H3,(H,22,24). The summed E-state index contributed by atoms with van der Waals surface area (Å²) in [6.07, 6.45) is 0. The van der Waals surface area contributed by atoms with E-state index in [2.05, 4.69) is 10.3 Å². The van der Waals surface area contributed by atoms with Gasteiger partial charge in [0.1, 0.15) is 6.54 Å². The Morgan fingerprint density at radius 3 is 2.81 bits per heavy atom. The lowest BCUT2D eigenvalue weighted by Crippen LogP contribution is -2.31. The van der Waals surface area contributed by atoms with E-state index in [0.29, 0.717) is 26.6 Å². The summed E-state index contributed by atoms with van der Waals surface area (Å²) < 4.78 is 0. The van der Waals surface area contributed by atoms with Gasteiger partial charge in [-0.05, 0) is 36.8 Å². The SMILES string of the molecule is Cc1ccc(Cl)cc1NC(=O)CSC1=NCC(=O)N1c1ccccc1Cl. The molecule has 5 nitrogen and oxygen atoms in total. The van der Waals surface area contributed by atoms with E-state index in [0.717, 1.165) is 5.56 Å². The fraction of sp³-hybridized carbons (Fsp3) is 0.167. The van der Waals surface area contributed by atoms with Crippen molar-refractivity contribution < 1.29 is 9.59 Å². The van der Waals surface area contributed by atoms with E-state index < -0.39 is 0 Å². The van der Waals surface area contributed by atoms with Crippen LogP contribution < -0.4 is 10.2 Å². The average Bonchev–Trinajstić information content (AvgIpc) is 2.97. The van der Waals surface area contributed by atoms with Crippen molar-refractivity contribution in [2.75, 3.05) is 22.5 Å². The molecular formula is C18H15Cl2N3O2S. The van der Waals surface area contributed by atoms with E-state index in [9.17, 15) is 9.59 Å². The Morgan fingerprint density at radius 1 is 1.27 bits per heavy atom. The molecule has 0 atom stereocenters. The zero-order valence-corrected chi connectivity index (χ0v) is 16.2. The van der Waals surface area contributed by atoms with Gasteiger partial charge in [0.2, 0.25) is 5.91 Å². The first-order valence-electron chi connectivity index (χ1n) is 7.76. The highest BCUT2D eigenvalue weighted by molar-refractivity contribution is 8.14. The number of aryl methyl sites for hydroxylation is 1. The number of nitrogens with one attached hydrogen (secondary N) is 1. The van der Waals surface area contributed by atoms with E-state index in [4.69, 9.17) is 23.2 Å². The van der Waals surface area contributed by atoms with Gasteiger partial charge in [-0.1, -0.05) is 53.2 Å². The first kappa shape index (κ1) is 18.8. The van der Waals surface area contributed by atoms with Gasteiger partial charge in [0, 0.05) is 10.7 Å². The van der Waals surface area contributed by atoms with Crippen molar-refractivity contribution in [1.29, 1.82) is 0 Å². The summed E-state index contributed by atoms with van der Waals surface area (Å²) in [5, 5.41) is 4.29. The van der Waals surface area contributed by atoms with Gasteiger partial charge in [-0.15, -0.1) is 0 Å².